The number of benzene rings is 1. The molecule has 100 valence electrons. The Morgan fingerprint density at radius 2 is 2.35 bits per heavy atom. The fourth-order valence-corrected chi connectivity index (χ4v) is 1.39. The first-order valence-electron chi connectivity index (χ1n) is 5.27. The summed E-state index contributed by atoms with van der Waals surface area (Å²) in [5.41, 5.74) is 7.52. The Labute approximate surface area is 112 Å². The number of anilines is 1. The van der Waals surface area contributed by atoms with Crippen LogP contribution in [-0.2, 0) is 0 Å². The number of hydrazone groups is 1. The van der Waals surface area contributed by atoms with Gasteiger partial charge in [0.15, 0.2) is 5.84 Å². The van der Waals surface area contributed by atoms with Gasteiger partial charge in [-0.25, -0.2) is 4.39 Å². The maximum Gasteiger partial charge on any atom is 0.214 e. The quantitative estimate of drug-likeness (QED) is 0.433. The molecule has 1 aromatic carbocycles. The van der Waals surface area contributed by atoms with E-state index in [4.69, 9.17) is 16.4 Å². The van der Waals surface area contributed by atoms with Gasteiger partial charge in [-0.3, -0.25) is 10.8 Å². The first-order valence-corrected chi connectivity index (χ1v) is 5.27. The monoisotopic (exact) mass is 273 g/mol. The van der Waals surface area contributed by atoms with Gasteiger partial charge in [0, 0.05) is 0 Å². The highest BCUT2D eigenvalue weighted by Crippen LogP contribution is 2.28. The molecule has 1 aromatic heterocycles. The van der Waals surface area contributed by atoms with E-state index < -0.39 is 11.7 Å². The van der Waals surface area contributed by atoms with E-state index in [1.807, 2.05) is 0 Å². The second-order valence-corrected chi connectivity index (χ2v) is 3.51. The molecule has 8 nitrogen and oxygen atoms in total. The maximum absolute atomic E-state index is 13.8. The number of halogens is 1. The average Bonchev–Trinajstić information content (AvgIpc) is 2.92. The number of nitriles is 1. The van der Waals surface area contributed by atoms with Crippen LogP contribution < -0.4 is 11.2 Å². The van der Waals surface area contributed by atoms with Crippen molar-refractivity contribution in [1.82, 2.24) is 10.1 Å². The van der Waals surface area contributed by atoms with E-state index in [-0.39, 0.29) is 22.8 Å². The van der Waals surface area contributed by atoms with Gasteiger partial charge in [-0.05, 0) is 12.1 Å². The van der Waals surface area contributed by atoms with Crippen molar-refractivity contribution in [3.63, 3.8) is 0 Å². The van der Waals surface area contributed by atoms with Crippen molar-refractivity contribution >= 4 is 17.2 Å². The van der Waals surface area contributed by atoms with Crippen LogP contribution in [0.4, 0.5) is 10.1 Å². The van der Waals surface area contributed by atoms with Crippen molar-refractivity contribution in [2.45, 2.75) is 0 Å². The molecule has 0 atom stereocenters. The second-order valence-electron chi connectivity index (χ2n) is 3.51. The fourth-order valence-electron chi connectivity index (χ4n) is 1.39. The van der Waals surface area contributed by atoms with Crippen LogP contribution in [0.3, 0.4) is 0 Å². The molecule has 0 aliphatic rings. The van der Waals surface area contributed by atoms with E-state index in [1.54, 1.807) is 6.07 Å². The molecule has 0 unspecified atom stereocenters. The number of nitrogens with zero attached hydrogens (tertiary/aromatic N) is 4. The summed E-state index contributed by atoms with van der Waals surface area (Å²) in [4.78, 5) is 3.75. The number of hydrogen-bond acceptors (Lipinski definition) is 7. The molecule has 0 saturated heterocycles. The number of nitrogens with one attached hydrogen (secondary N) is 2. The Bertz CT molecular complexity index is 702. The average molecular weight is 273 g/mol. The lowest BCUT2D eigenvalue weighted by Crippen LogP contribution is -2.22. The van der Waals surface area contributed by atoms with Crippen molar-refractivity contribution in [2.24, 2.45) is 10.8 Å². The highest BCUT2D eigenvalue weighted by atomic mass is 19.1. The van der Waals surface area contributed by atoms with E-state index in [1.165, 1.54) is 18.2 Å². The molecule has 0 aliphatic heterocycles. The lowest BCUT2D eigenvalue weighted by atomic mass is 10.1. The van der Waals surface area contributed by atoms with Crippen LogP contribution in [0.15, 0.2) is 34.2 Å². The Morgan fingerprint density at radius 3 is 2.95 bits per heavy atom. The van der Waals surface area contributed by atoms with Crippen molar-refractivity contribution in [2.75, 3.05) is 5.43 Å². The van der Waals surface area contributed by atoms with Crippen LogP contribution in [0, 0.1) is 22.6 Å². The summed E-state index contributed by atoms with van der Waals surface area (Å²) in [7, 11) is 0. The van der Waals surface area contributed by atoms with Crippen molar-refractivity contribution in [3.8, 4) is 17.5 Å². The summed E-state index contributed by atoms with van der Waals surface area (Å²) in [5, 5.41) is 23.0. The SMILES string of the molecule is N#C/C(=N\Nc1cccc(F)c1-c1ncon1)C(=N)N. The third kappa shape index (κ3) is 2.59. The molecule has 0 radical (unpaired) electrons. The van der Waals surface area contributed by atoms with Crippen LogP contribution in [0.2, 0.25) is 0 Å². The van der Waals surface area contributed by atoms with Crippen LogP contribution in [0.5, 0.6) is 0 Å². The Hall–Kier alpha value is -3.28. The van der Waals surface area contributed by atoms with Crippen LogP contribution in [-0.4, -0.2) is 21.7 Å². The lowest BCUT2D eigenvalue weighted by molar-refractivity contribution is 0.418. The van der Waals surface area contributed by atoms with E-state index in [9.17, 15) is 4.39 Å². The van der Waals surface area contributed by atoms with E-state index >= 15 is 0 Å². The predicted octanol–water partition coefficient (Wildman–Crippen LogP) is 1.10. The van der Waals surface area contributed by atoms with Gasteiger partial charge in [0.1, 0.15) is 11.9 Å². The number of hydrogen-bond donors (Lipinski definition) is 3. The van der Waals surface area contributed by atoms with Crippen LogP contribution >= 0.6 is 0 Å². The van der Waals surface area contributed by atoms with Gasteiger partial charge < -0.3 is 10.3 Å². The van der Waals surface area contributed by atoms with Gasteiger partial charge in [-0.1, -0.05) is 11.2 Å². The predicted molar refractivity (Wildman–Crippen MR) is 68.3 cm³/mol. The van der Waals surface area contributed by atoms with Gasteiger partial charge >= 0.3 is 0 Å². The molecule has 0 fully saturated rings. The zero-order valence-electron chi connectivity index (χ0n) is 9.96. The summed E-state index contributed by atoms with van der Waals surface area (Å²) < 4.78 is 18.4. The van der Waals surface area contributed by atoms with Crippen molar-refractivity contribution in [1.29, 1.82) is 10.7 Å². The molecule has 9 heteroatoms. The third-order valence-corrected chi connectivity index (χ3v) is 2.25. The molecule has 20 heavy (non-hydrogen) atoms. The molecule has 2 rings (SSSR count). The van der Waals surface area contributed by atoms with Crippen molar-refractivity contribution < 1.29 is 8.91 Å². The van der Waals surface area contributed by atoms with E-state index in [2.05, 4.69) is 25.2 Å². The van der Waals surface area contributed by atoms with Gasteiger partial charge in [0.2, 0.25) is 17.9 Å². The number of amidine groups is 1. The van der Waals surface area contributed by atoms with Gasteiger partial charge in [-0.2, -0.15) is 15.3 Å². The Balaban J connectivity index is 2.42. The number of rotatable bonds is 4. The normalized spacial score (nSPS) is 10.9. The summed E-state index contributed by atoms with van der Waals surface area (Å²) >= 11 is 0. The zero-order valence-corrected chi connectivity index (χ0v) is 9.96. The summed E-state index contributed by atoms with van der Waals surface area (Å²) in [5.74, 6) is -1.06. The van der Waals surface area contributed by atoms with Crippen molar-refractivity contribution in [3.05, 3.63) is 30.4 Å². The molecule has 0 bridgehead atoms. The smallest absolute Gasteiger partial charge is 0.214 e. The first kappa shape index (κ1) is 13.2. The molecule has 4 N–H and O–H groups in total. The molecule has 0 spiro atoms. The van der Waals surface area contributed by atoms with Crippen LogP contribution in [0.25, 0.3) is 11.4 Å². The van der Waals surface area contributed by atoms with E-state index in [0.29, 0.717) is 0 Å². The minimum Gasteiger partial charge on any atom is -0.382 e. The second kappa shape index (κ2) is 5.57. The zero-order chi connectivity index (χ0) is 14.5. The van der Waals surface area contributed by atoms with Gasteiger partial charge in [0.05, 0.1) is 11.3 Å². The molecule has 2 aromatic rings. The third-order valence-electron chi connectivity index (χ3n) is 2.25. The fraction of sp³-hybridized carbons (Fsp3) is 0. The lowest BCUT2D eigenvalue weighted by Gasteiger charge is -2.06. The molecular weight excluding hydrogens is 265 g/mol. The van der Waals surface area contributed by atoms with Gasteiger partial charge in [0.25, 0.3) is 0 Å². The molecular formula is C11H8FN7O. The van der Waals surface area contributed by atoms with E-state index in [0.717, 1.165) is 6.39 Å². The molecule has 1 heterocycles. The highest BCUT2D eigenvalue weighted by molar-refractivity contribution is 6.45. The Kier molecular flexibility index (Phi) is 3.67. The molecule has 0 amide bonds. The minimum atomic E-state index is -0.590. The van der Waals surface area contributed by atoms with Crippen LogP contribution in [0.1, 0.15) is 0 Å². The Morgan fingerprint density at radius 1 is 1.55 bits per heavy atom. The summed E-state index contributed by atoms with van der Waals surface area (Å²) in [6.45, 7) is 0. The number of nitrogens with two attached hydrogens (primary N) is 1. The molecule has 0 aliphatic carbocycles. The largest absolute Gasteiger partial charge is 0.382 e. The van der Waals surface area contributed by atoms with Gasteiger partial charge in [-0.15, -0.1) is 0 Å². The highest BCUT2D eigenvalue weighted by Gasteiger charge is 2.15. The maximum atomic E-state index is 13.8. The molecule has 0 saturated carbocycles. The minimum absolute atomic E-state index is 0.0298. The summed E-state index contributed by atoms with van der Waals surface area (Å²) in [6, 6.07) is 5.80. The summed E-state index contributed by atoms with van der Waals surface area (Å²) in [6.07, 6.45) is 1.06. The topological polar surface area (TPSA) is 137 Å². The standard InChI is InChI=1S/C11H8FN7O/c12-6-2-1-3-7(9(6)11-16-5-20-19-11)17-18-8(4-13)10(14)15/h1-3,5,17H,(H3,14,15)/b18-8+. The first-order chi connectivity index (χ1) is 9.63. The number of aromatic nitrogens is 2.